The third-order valence-electron chi connectivity index (χ3n) is 7.84. The van der Waals surface area contributed by atoms with Crippen LogP contribution in [0.5, 0.6) is 0 Å². The van der Waals surface area contributed by atoms with E-state index < -0.39 is 23.2 Å². The molecule has 6 rings (SSSR count). The molecule has 1 amide bonds. The maximum absolute atomic E-state index is 13.6. The summed E-state index contributed by atoms with van der Waals surface area (Å²) in [6, 6.07) is 11.7. The number of carboxylic acids is 1. The molecule has 0 radical (unpaired) electrons. The van der Waals surface area contributed by atoms with Crippen LogP contribution in [-0.4, -0.2) is 28.5 Å². The molecule has 3 aliphatic rings. The highest BCUT2D eigenvalue weighted by atomic mass is 19.4. The minimum atomic E-state index is -4.39. The number of pyridine rings is 1. The smallest absolute Gasteiger partial charge is 0.416 e. The number of carboxylic acid groups (broad SMARTS) is 1. The van der Waals surface area contributed by atoms with Crippen molar-refractivity contribution >= 4 is 17.6 Å². The molecule has 190 valence electrons. The molecule has 1 aliphatic heterocycles. The Kier molecular flexibility index (Phi) is 5.12. The summed E-state index contributed by atoms with van der Waals surface area (Å²) in [5, 5.41) is 12.3. The predicted octanol–water partition coefficient (Wildman–Crippen LogP) is 5.27. The van der Waals surface area contributed by atoms with E-state index >= 15 is 0 Å². The van der Waals surface area contributed by atoms with Gasteiger partial charge in [0.15, 0.2) is 0 Å². The zero-order valence-corrected chi connectivity index (χ0v) is 19.8. The van der Waals surface area contributed by atoms with Crippen LogP contribution in [0, 0.1) is 0 Å². The summed E-state index contributed by atoms with van der Waals surface area (Å²) in [4.78, 5) is 31.2. The Labute approximate surface area is 211 Å². The summed E-state index contributed by atoms with van der Waals surface area (Å²) in [6.45, 7) is 1.08. The summed E-state index contributed by atoms with van der Waals surface area (Å²) < 4.78 is 39.0. The van der Waals surface area contributed by atoms with Gasteiger partial charge in [0.2, 0.25) is 0 Å². The SMILES string of the molecule is O=C(O)c1ccc(C2(NC(=O)c3cncc4c3N(Cc3ccc(C(F)(F)F)cc3)CC43CC3)CC2)cc1. The number of amides is 1. The van der Waals surface area contributed by atoms with Gasteiger partial charge in [-0.1, -0.05) is 24.3 Å². The number of carbonyl (C=O) groups excluding carboxylic acids is 1. The fourth-order valence-electron chi connectivity index (χ4n) is 5.44. The molecular weight excluding hydrogens is 483 g/mol. The summed E-state index contributed by atoms with van der Waals surface area (Å²) in [5.74, 6) is -1.27. The number of nitrogens with zero attached hydrogens (tertiary/aromatic N) is 2. The van der Waals surface area contributed by atoms with E-state index in [0.29, 0.717) is 18.7 Å². The number of aromatic nitrogens is 1. The third kappa shape index (κ3) is 4.12. The van der Waals surface area contributed by atoms with Crippen LogP contribution in [0.1, 0.15) is 68.7 Å². The molecule has 0 bridgehead atoms. The van der Waals surface area contributed by atoms with E-state index in [2.05, 4.69) is 15.2 Å². The van der Waals surface area contributed by atoms with Crippen LogP contribution in [0.2, 0.25) is 0 Å². The van der Waals surface area contributed by atoms with Gasteiger partial charge in [-0.2, -0.15) is 13.2 Å². The first-order chi connectivity index (χ1) is 17.6. The average molecular weight is 508 g/mol. The third-order valence-corrected chi connectivity index (χ3v) is 7.84. The molecule has 0 saturated heterocycles. The number of aromatic carboxylic acids is 1. The average Bonchev–Trinajstić information content (AvgIpc) is 3.79. The van der Waals surface area contributed by atoms with Crippen molar-refractivity contribution in [1.29, 1.82) is 0 Å². The van der Waals surface area contributed by atoms with E-state index in [1.165, 1.54) is 24.3 Å². The van der Waals surface area contributed by atoms with Crippen molar-refractivity contribution in [2.45, 2.75) is 49.4 Å². The zero-order valence-electron chi connectivity index (χ0n) is 19.8. The lowest BCUT2D eigenvalue weighted by molar-refractivity contribution is -0.137. The number of fused-ring (bicyclic) bond motifs is 2. The van der Waals surface area contributed by atoms with Gasteiger partial charge < -0.3 is 15.3 Å². The van der Waals surface area contributed by atoms with Crippen LogP contribution < -0.4 is 10.2 Å². The second-order valence-corrected chi connectivity index (χ2v) is 10.3. The highest BCUT2D eigenvalue weighted by Gasteiger charge is 2.53. The predicted molar refractivity (Wildman–Crippen MR) is 129 cm³/mol. The Morgan fingerprint density at radius 3 is 2.22 bits per heavy atom. The van der Waals surface area contributed by atoms with E-state index in [1.807, 2.05) is 6.20 Å². The molecule has 2 saturated carbocycles. The van der Waals surface area contributed by atoms with Crippen molar-refractivity contribution in [1.82, 2.24) is 10.3 Å². The van der Waals surface area contributed by atoms with Crippen molar-refractivity contribution < 1.29 is 27.9 Å². The highest BCUT2D eigenvalue weighted by molar-refractivity contribution is 6.01. The van der Waals surface area contributed by atoms with Crippen molar-refractivity contribution in [3.8, 4) is 0 Å². The zero-order chi connectivity index (χ0) is 26.0. The summed E-state index contributed by atoms with van der Waals surface area (Å²) in [7, 11) is 0. The lowest BCUT2D eigenvalue weighted by atomic mass is 9.98. The molecule has 3 aromatic rings. The van der Waals surface area contributed by atoms with Gasteiger partial charge in [0.05, 0.1) is 27.9 Å². The second-order valence-electron chi connectivity index (χ2n) is 10.3. The molecule has 2 fully saturated rings. The molecule has 2 aliphatic carbocycles. The number of nitrogens with one attached hydrogen (secondary N) is 1. The highest BCUT2D eigenvalue weighted by Crippen LogP contribution is 2.57. The molecule has 0 unspecified atom stereocenters. The first kappa shape index (κ1) is 23.5. The first-order valence-corrected chi connectivity index (χ1v) is 12.2. The van der Waals surface area contributed by atoms with Crippen LogP contribution in [0.3, 0.4) is 0 Å². The number of rotatable bonds is 6. The van der Waals surface area contributed by atoms with Crippen LogP contribution in [0.25, 0.3) is 0 Å². The van der Waals surface area contributed by atoms with Gasteiger partial charge in [0, 0.05) is 36.5 Å². The topological polar surface area (TPSA) is 82.5 Å². The molecular formula is C28H24F3N3O3. The number of alkyl halides is 3. The largest absolute Gasteiger partial charge is 0.478 e. The molecule has 2 heterocycles. The number of hydrogen-bond donors (Lipinski definition) is 2. The fraction of sp³-hybridized carbons (Fsp3) is 0.321. The number of halogens is 3. The van der Waals surface area contributed by atoms with Gasteiger partial charge in [-0.15, -0.1) is 0 Å². The van der Waals surface area contributed by atoms with E-state index in [9.17, 15) is 27.9 Å². The van der Waals surface area contributed by atoms with Gasteiger partial charge in [0.1, 0.15) is 0 Å². The number of anilines is 1. The molecule has 6 nitrogen and oxygen atoms in total. The normalized spacial score (nSPS) is 18.4. The van der Waals surface area contributed by atoms with Gasteiger partial charge in [-0.05, 0) is 61.1 Å². The van der Waals surface area contributed by atoms with Crippen LogP contribution >= 0.6 is 0 Å². The Balaban J connectivity index is 1.28. The van der Waals surface area contributed by atoms with Crippen LogP contribution in [0.4, 0.5) is 18.9 Å². The van der Waals surface area contributed by atoms with E-state index in [1.54, 1.807) is 18.3 Å². The van der Waals surface area contributed by atoms with Crippen molar-refractivity contribution in [3.63, 3.8) is 0 Å². The van der Waals surface area contributed by atoms with Crippen molar-refractivity contribution in [3.05, 3.63) is 94.3 Å². The van der Waals surface area contributed by atoms with Crippen molar-refractivity contribution in [2.24, 2.45) is 0 Å². The van der Waals surface area contributed by atoms with Gasteiger partial charge in [0.25, 0.3) is 5.91 Å². The molecule has 0 atom stereocenters. The number of hydrogen-bond acceptors (Lipinski definition) is 4. The summed E-state index contributed by atoms with van der Waals surface area (Å²) in [6.07, 6.45) is 2.43. The van der Waals surface area contributed by atoms with Crippen molar-refractivity contribution in [2.75, 3.05) is 11.4 Å². The Bertz CT molecular complexity index is 1390. The number of carbonyl (C=O) groups is 2. The minimum absolute atomic E-state index is 0.0610. The summed E-state index contributed by atoms with van der Waals surface area (Å²) >= 11 is 0. The van der Waals surface area contributed by atoms with E-state index in [0.717, 1.165) is 60.2 Å². The lowest BCUT2D eigenvalue weighted by Crippen LogP contribution is -2.36. The van der Waals surface area contributed by atoms with E-state index in [-0.39, 0.29) is 16.9 Å². The Morgan fingerprint density at radius 1 is 0.973 bits per heavy atom. The maximum atomic E-state index is 13.6. The second kappa shape index (κ2) is 8.06. The minimum Gasteiger partial charge on any atom is -0.478 e. The van der Waals surface area contributed by atoms with Gasteiger partial charge >= 0.3 is 12.1 Å². The van der Waals surface area contributed by atoms with Gasteiger partial charge in [-0.25, -0.2) is 4.79 Å². The molecule has 9 heteroatoms. The van der Waals surface area contributed by atoms with Crippen LogP contribution in [-0.2, 0) is 23.7 Å². The standard InChI is InChI=1S/C28H24F3N3O3/c29-28(30,31)20-5-1-17(2-6-20)15-34-16-26(9-10-26)22-14-32-13-21(23(22)34)24(35)33-27(11-12-27)19-7-3-18(4-8-19)25(36)37/h1-8,13-14H,9-12,15-16H2,(H,33,35)(H,36,37). The van der Waals surface area contributed by atoms with E-state index in [4.69, 9.17) is 0 Å². The molecule has 1 aromatic heterocycles. The molecule has 2 N–H and O–H groups in total. The lowest BCUT2D eigenvalue weighted by Gasteiger charge is -2.24. The first-order valence-electron chi connectivity index (χ1n) is 12.2. The van der Waals surface area contributed by atoms with Gasteiger partial charge in [-0.3, -0.25) is 9.78 Å². The quantitative estimate of drug-likeness (QED) is 0.475. The molecule has 1 spiro atoms. The van der Waals surface area contributed by atoms with Crippen LogP contribution in [0.15, 0.2) is 60.9 Å². The molecule has 37 heavy (non-hydrogen) atoms. The fourth-order valence-corrected chi connectivity index (χ4v) is 5.44. The Hall–Kier alpha value is -3.88. The molecule has 2 aromatic carbocycles. The number of benzene rings is 2. The Morgan fingerprint density at radius 2 is 1.65 bits per heavy atom. The maximum Gasteiger partial charge on any atom is 0.416 e. The monoisotopic (exact) mass is 507 g/mol. The summed E-state index contributed by atoms with van der Waals surface area (Å²) in [5.41, 5.74) is 2.73.